The molecular weight excluding hydrogens is 354 g/mol. The Morgan fingerprint density at radius 3 is 2.32 bits per heavy atom. The maximum Gasteiger partial charge on any atom is 0.251 e. The second-order valence-corrected chi connectivity index (χ2v) is 6.85. The van der Waals surface area contributed by atoms with Gasteiger partial charge in [0.1, 0.15) is 0 Å². The largest absolute Gasteiger partial charge is 0.352 e. The van der Waals surface area contributed by atoms with Crippen molar-refractivity contribution in [3.05, 3.63) is 59.7 Å². The standard InChI is InChI=1S/C22H25N3O3/c1-3-15-5-11-19(12-6-15)25-14-17(13-20(25)26)22(28)24-18-9-7-16(8-10-18)21(27)23-4-2/h5-12,17H,3-4,13-14H2,1-2H3,(H,23,27)(H,24,28). The van der Waals surface area contributed by atoms with Crippen molar-refractivity contribution in [2.24, 2.45) is 5.92 Å². The summed E-state index contributed by atoms with van der Waals surface area (Å²) in [6.07, 6.45) is 1.14. The van der Waals surface area contributed by atoms with Crippen molar-refractivity contribution < 1.29 is 14.4 Å². The molecular formula is C22H25N3O3. The van der Waals surface area contributed by atoms with Gasteiger partial charge in [0, 0.05) is 36.4 Å². The number of rotatable bonds is 6. The van der Waals surface area contributed by atoms with E-state index in [-0.39, 0.29) is 24.1 Å². The van der Waals surface area contributed by atoms with Crippen molar-refractivity contribution in [2.75, 3.05) is 23.3 Å². The predicted octanol–water partition coefficient (Wildman–Crippen LogP) is 2.99. The Hall–Kier alpha value is -3.15. The zero-order chi connectivity index (χ0) is 20.1. The first-order valence-corrected chi connectivity index (χ1v) is 9.60. The molecule has 0 aliphatic carbocycles. The highest BCUT2D eigenvalue weighted by molar-refractivity contribution is 6.03. The molecule has 1 saturated heterocycles. The van der Waals surface area contributed by atoms with E-state index in [1.165, 1.54) is 5.56 Å². The fourth-order valence-electron chi connectivity index (χ4n) is 3.26. The molecule has 0 aromatic heterocycles. The lowest BCUT2D eigenvalue weighted by Crippen LogP contribution is -2.28. The summed E-state index contributed by atoms with van der Waals surface area (Å²) in [5.41, 5.74) is 3.18. The first kappa shape index (κ1) is 19.6. The maximum absolute atomic E-state index is 12.6. The number of hydrogen-bond acceptors (Lipinski definition) is 3. The number of hydrogen-bond donors (Lipinski definition) is 2. The summed E-state index contributed by atoms with van der Waals surface area (Å²) in [4.78, 5) is 38.4. The van der Waals surface area contributed by atoms with Gasteiger partial charge in [0.15, 0.2) is 0 Å². The van der Waals surface area contributed by atoms with E-state index in [2.05, 4.69) is 17.6 Å². The van der Waals surface area contributed by atoms with E-state index in [1.54, 1.807) is 29.2 Å². The minimum atomic E-state index is -0.401. The van der Waals surface area contributed by atoms with Gasteiger partial charge >= 0.3 is 0 Å². The summed E-state index contributed by atoms with van der Waals surface area (Å²) < 4.78 is 0. The van der Waals surface area contributed by atoms with Gasteiger partial charge in [0.25, 0.3) is 5.91 Å². The molecule has 0 bridgehead atoms. The van der Waals surface area contributed by atoms with E-state index in [1.807, 2.05) is 31.2 Å². The second kappa shape index (κ2) is 8.69. The van der Waals surface area contributed by atoms with E-state index >= 15 is 0 Å². The van der Waals surface area contributed by atoms with Gasteiger partial charge in [-0.15, -0.1) is 0 Å². The van der Waals surface area contributed by atoms with Crippen molar-refractivity contribution in [2.45, 2.75) is 26.7 Å². The number of nitrogens with zero attached hydrogens (tertiary/aromatic N) is 1. The van der Waals surface area contributed by atoms with Gasteiger partial charge in [-0.2, -0.15) is 0 Å². The third-order valence-electron chi connectivity index (χ3n) is 4.90. The average molecular weight is 379 g/mol. The molecule has 0 radical (unpaired) electrons. The lowest BCUT2D eigenvalue weighted by Gasteiger charge is -2.17. The Labute approximate surface area is 164 Å². The second-order valence-electron chi connectivity index (χ2n) is 6.85. The molecule has 0 spiro atoms. The number of carbonyl (C=O) groups is 3. The third kappa shape index (κ3) is 4.39. The monoisotopic (exact) mass is 379 g/mol. The van der Waals surface area contributed by atoms with Crippen LogP contribution in [0.1, 0.15) is 36.2 Å². The fraction of sp³-hybridized carbons (Fsp3) is 0.318. The average Bonchev–Trinajstić information content (AvgIpc) is 3.10. The van der Waals surface area contributed by atoms with Crippen molar-refractivity contribution in [1.29, 1.82) is 0 Å². The van der Waals surface area contributed by atoms with Crippen LogP contribution in [-0.4, -0.2) is 30.8 Å². The number of benzene rings is 2. The van der Waals surface area contributed by atoms with Crippen LogP contribution >= 0.6 is 0 Å². The highest BCUT2D eigenvalue weighted by atomic mass is 16.2. The lowest BCUT2D eigenvalue weighted by molar-refractivity contribution is -0.122. The molecule has 2 aromatic rings. The van der Waals surface area contributed by atoms with Crippen LogP contribution in [0.15, 0.2) is 48.5 Å². The lowest BCUT2D eigenvalue weighted by atomic mass is 10.1. The van der Waals surface area contributed by atoms with Crippen LogP contribution in [0, 0.1) is 5.92 Å². The molecule has 1 fully saturated rings. The highest BCUT2D eigenvalue weighted by Crippen LogP contribution is 2.26. The summed E-state index contributed by atoms with van der Waals surface area (Å²) in [6, 6.07) is 14.6. The number of aryl methyl sites for hydroxylation is 1. The van der Waals surface area contributed by atoms with Crippen LogP contribution in [0.5, 0.6) is 0 Å². The van der Waals surface area contributed by atoms with Crippen LogP contribution in [0.2, 0.25) is 0 Å². The van der Waals surface area contributed by atoms with Gasteiger partial charge in [-0.3, -0.25) is 14.4 Å². The molecule has 0 saturated carbocycles. The van der Waals surface area contributed by atoms with Crippen LogP contribution in [0.3, 0.4) is 0 Å². The van der Waals surface area contributed by atoms with E-state index in [4.69, 9.17) is 0 Å². The van der Waals surface area contributed by atoms with E-state index < -0.39 is 5.92 Å². The molecule has 28 heavy (non-hydrogen) atoms. The molecule has 1 aliphatic heterocycles. The van der Waals surface area contributed by atoms with Gasteiger partial charge in [-0.1, -0.05) is 19.1 Å². The van der Waals surface area contributed by atoms with Crippen molar-refractivity contribution in [1.82, 2.24) is 5.32 Å². The molecule has 6 nitrogen and oxygen atoms in total. The topological polar surface area (TPSA) is 78.5 Å². The molecule has 2 N–H and O–H groups in total. The quantitative estimate of drug-likeness (QED) is 0.810. The van der Waals surface area contributed by atoms with Crippen LogP contribution in [-0.2, 0) is 16.0 Å². The Balaban J connectivity index is 1.62. The summed E-state index contributed by atoms with van der Waals surface area (Å²) in [6.45, 7) is 4.87. The highest BCUT2D eigenvalue weighted by Gasteiger charge is 2.35. The first-order chi connectivity index (χ1) is 13.5. The normalized spacial score (nSPS) is 16.1. The van der Waals surface area contributed by atoms with E-state index in [0.29, 0.717) is 24.3 Å². The Morgan fingerprint density at radius 2 is 1.71 bits per heavy atom. The van der Waals surface area contributed by atoms with Crippen molar-refractivity contribution in [3.8, 4) is 0 Å². The Kier molecular flexibility index (Phi) is 6.09. The number of nitrogens with one attached hydrogen (secondary N) is 2. The molecule has 3 rings (SSSR count). The number of anilines is 2. The molecule has 1 atom stereocenters. The predicted molar refractivity (Wildman–Crippen MR) is 109 cm³/mol. The Morgan fingerprint density at radius 1 is 1.04 bits per heavy atom. The zero-order valence-electron chi connectivity index (χ0n) is 16.2. The number of carbonyl (C=O) groups excluding carboxylic acids is 3. The molecule has 3 amide bonds. The summed E-state index contributed by atoms with van der Waals surface area (Å²) in [5, 5.41) is 5.57. The molecule has 1 aliphatic rings. The third-order valence-corrected chi connectivity index (χ3v) is 4.90. The zero-order valence-corrected chi connectivity index (χ0v) is 16.2. The van der Waals surface area contributed by atoms with Crippen molar-refractivity contribution in [3.63, 3.8) is 0 Å². The van der Waals surface area contributed by atoms with Gasteiger partial charge in [0.2, 0.25) is 11.8 Å². The summed E-state index contributed by atoms with van der Waals surface area (Å²) in [7, 11) is 0. The fourth-order valence-corrected chi connectivity index (χ4v) is 3.26. The Bertz CT molecular complexity index is 860. The van der Waals surface area contributed by atoms with Gasteiger partial charge in [-0.05, 0) is 55.3 Å². The molecule has 1 heterocycles. The van der Waals surface area contributed by atoms with Crippen LogP contribution in [0.25, 0.3) is 0 Å². The van der Waals surface area contributed by atoms with Crippen LogP contribution < -0.4 is 15.5 Å². The summed E-state index contributed by atoms with van der Waals surface area (Å²) >= 11 is 0. The minimum absolute atomic E-state index is 0.0454. The van der Waals surface area contributed by atoms with Crippen LogP contribution in [0.4, 0.5) is 11.4 Å². The number of amides is 3. The van der Waals surface area contributed by atoms with Gasteiger partial charge in [0.05, 0.1) is 5.92 Å². The maximum atomic E-state index is 12.6. The van der Waals surface area contributed by atoms with E-state index in [9.17, 15) is 14.4 Å². The molecule has 146 valence electrons. The first-order valence-electron chi connectivity index (χ1n) is 9.60. The van der Waals surface area contributed by atoms with Crippen molar-refractivity contribution >= 4 is 29.1 Å². The van der Waals surface area contributed by atoms with Gasteiger partial charge < -0.3 is 15.5 Å². The van der Waals surface area contributed by atoms with Gasteiger partial charge in [-0.25, -0.2) is 0 Å². The van der Waals surface area contributed by atoms with E-state index in [0.717, 1.165) is 12.1 Å². The smallest absolute Gasteiger partial charge is 0.251 e. The summed E-state index contributed by atoms with van der Waals surface area (Å²) in [5.74, 6) is -0.782. The minimum Gasteiger partial charge on any atom is -0.352 e. The SMILES string of the molecule is CCNC(=O)c1ccc(NC(=O)C2CC(=O)N(c3ccc(CC)cc3)C2)cc1. The molecule has 1 unspecified atom stereocenters. The molecule has 2 aromatic carbocycles. The molecule has 6 heteroatoms.